The van der Waals surface area contributed by atoms with Gasteiger partial charge in [-0.1, -0.05) is 18.7 Å². The topological polar surface area (TPSA) is 56.8 Å². The van der Waals surface area contributed by atoms with Crippen LogP contribution in [0.4, 0.5) is 5.69 Å². The summed E-state index contributed by atoms with van der Waals surface area (Å²) < 4.78 is 16.5. The van der Waals surface area contributed by atoms with Gasteiger partial charge in [-0.25, -0.2) is 0 Å². The number of benzene rings is 2. The lowest BCUT2D eigenvalue weighted by atomic mass is 10.2. The molecule has 0 aliphatic carbocycles. The van der Waals surface area contributed by atoms with Gasteiger partial charge < -0.3 is 19.5 Å². The molecular formula is C21H25NO4. The number of hydrogen-bond donors (Lipinski definition) is 1. The van der Waals surface area contributed by atoms with Gasteiger partial charge in [0.25, 0.3) is 5.91 Å². The molecule has 2 aromatic carbocycles. The zero-order valence-electron chi connectivity index (χ0n) is 15.3. The molecule has 1 amide bonds. The highest BCUT2D eigenvalue weighted by molar-refractivity contribution is 6.06. The fourth-order valence-electron chi connectivity index (χ4n) is 2.17. The van der Waals surface area contributed by atoms with Crippen LogP contribution in [-0.2, 0) is 4.74 Å². The summed E-state index contributed by atoms with van der Waals surface area (Å²) in [6, 6.07) is 14.4. The summed E-state index contributed by atoms with van der Waals surface area (Å²) in [7, 11) is 0. The average Bonchev–Trinajstić information content (AvgIpc) is 2.65. The zero-order valence-corrected chi connectivity index (χ0v) is 15.3. The Morgan fingerprint density at radius 2 is 1.77 bits per heavy atom. The second kappa shape index (κ2) is 10.3. The van der Waals surface area contributed by atoms with Gasteiger partial charge in [0, 0.05) is 12.3 Å². The van der Waals surface area contributed by atoms with Gasteiger partial charge in [0.05, 0.1) is 12.2 Å². The van der Waals surface area contributed by atoms with Crippen LogP contribution in [0.1, 0.15) is 24.2 Å². The molecule has 2 rings (SSSR count). The number of ether oxygens (including phenoxy) is 3. The van der Waals surface area contributed by atoms with E-state index < -0.39 is 0 Å². The van der Waals surface area contributed by atoms with E-state index >= 15 is 0 Å². The minimum atomic E-state index is -0.229. The van der Waals surface area contributed by atoms with Crippen LogP contribution in [0.15, 0.2) is 60.7 Å². The van der Waals surface area contributed by atoms with Crippen LogP contribution in [0, 0.1) is 0 Å². The molecule has 26 heavy (non-hydrogen) atoms. The van der Waals surface area contributed by atoms with Crippen molar-refractivity contribution in [2.45, 2.75) is 13.8 Å². The fraction of sp³-hybridized carbons (Fsp3) is 0.286. The van der Waals surface area contributed by atoms with Crippen molar-refractivity contribution in [3.8, 4) is 11.5 Å². The molecule has 5 heteroatoms. The minimum absolute atomic E-state index is 0.229. The quantitative estimate of drug-likeness (QED) is 0.510. The van der Waals surface area contributed by atoms with Crippen LogP contribution in [0.3, 0.4) is 0 Å². The number of nitrogens with one attached hydrogen (secondary N) is 1. The normalized spacial score (nSPS) is 10.2. The van der Waals surface area contributed by atoms with Crippen molar-refractivity contribution in [1.82, 2.24) is 0 Å². The van der Waals surface area contributed by atoms with Gasteiger partial charge >= 0.3 is 0 Å². The number of rotatable bonds is 10. The lowest BCUT2D eigenvalue weighted by molar-refractivity contribution is 0.0998. The maximum Gasteiger partial charge on any atom is 0.259 e. The largest absolute Gasteiger partial charge is 0.490 e. The third-order valence-corrected chi connectivity index (χ3v) is 3.42. The monoisotopic (exact) mass is 355 g/mol. The van der Waals surface area contributed by atoms with Crippen LogP contribution in [0.2, 0.25) is 0 Å². The maximum absolute atomic E-state index is 12.6. The maximum atomic E-state index is 12.6. The van der Waals surface area contributed by atoms with Crippen LogP contribution in [0.25, 0.3) is 0 Å². The molecule has 0 heterocycles. The third-order valence-electron chi connectivity index (χ3n) is 3.42. The molecule has 5 nitrogen and oxygen atoms in total. The van der Waals surface area contributed by atoms with Crippen molar-refractivity contribution in [2.75, 3.05) is 31.7 Å². The summed E-state index contributed by atoms with van der Waals surface area (Å²) in [4.78, 5) is 12.6. The van der Waals surface area contributed by atoms with E-state index in [0.29, 0.717) is 43.4 Å². The first-order chi connectivity index (χ1) is 12.6. The highest BCUT2D eigenvalue weighted by Crippen LogP contribution is 2.21. The Bertz CT molecular complexity index is 725. The Balaban J connectivity index is 1.97. The summed E-state index contributed by atoms with van der Waals surface area (Å²) >= 11 is 0. The summed E-state index contributed by atoms with van der Waals surface area (Å²) in [5.74, 6) is 1.03. The lowest BCUT2D eigenvalue weighted by Gasteiger charge is -2.12. The number of hydrogen-bond acceptors (Lipinski definition) is 4. The first-order valence-electron chi connectivity index (χ1n) is 8.58. The van der Waals surface area contributed by atoms with E-state index in [1.807, 2.05) is 32.0 Å². The van der Waals surface area contributed by atoms with Crippen LogP contribution in [0.5, 0.6) is 11.5 Å². The van der Waals surface area contributed by atoms with Crippen molar-refractivity contribution in [1.29, 1.82) is 0 Å². The van der Waals surface area contributed by atoms with Gasteiger partial charge in [0.1, 0.15) is 24.7 Å². The summed E-state index contributed by atoms with van der Waals surface area (Å²) in [5, 5.41) is 2.87. The molecule has 0 saturated heterocycles. The van der Waals surface area contributed by atoms with E-state index in [-0.39, 0.29) is 5.91 Å². The number of carbonyl (C=O) groups excluding carboxylic acids is 1. The number of carbonyl (C=O) groups is 1. The summed E-state index contributed by atoms with van der Waals surface area (Å²) in [5.41, 5.74) is 2.11. The van der Waals surface area contributed by atoms with Crippen molar-refractivity contribution in [2.24, 2.45) is 0 Å². The molecule has 1 N–H and O–H groups in total. The van der Waals surface area contributed by atoms with Crippen LogP contribution in [-0.4, -0.2) is 32.3 Å². The fourth-order valence-corrected chi connectivity index (χ4v) is 2.17. The van der Waals surface area contributed by atoms with Gasteiger partial charge in [-0.3, -0.25) is 4.79 Å². The SMILES string of the molecule is C=C(C)COc1ccc(NC(=O)c2ccccc2OCCOCC)cc1. The second-order valence-electron chi connectivity index (χ2n) is 5.77. The van der Waals surface area contributed by atoms with Gasteiger partial charge in [-0.15, -0.1) is 0 Å². The highest BCUT2D eigenvalue weighted by Gasteiger charge is 2.12. The molecule has 0 aromatic heterocycles. The van der Waals surface area contributed by atoms with E-state index in [4.69, 9.17) is 14.2 Å². The first kappa shape index (κ1) is 19.5. The van der Waals surface area contributed by atoms with Gasteiger partial charge in [-0.05, 0) is 55.8 Å². The number of amides is 1. The Labute approximate surface area is 154 Å². The molecule has 0 aliphatic heterocycles. The number of anilines is 1. The Morgan fingerprint density at radius 3 is 2.46 bits per heavy atom. The Hall–Kier alpha value is -2.79. The van der Waals surface area contributed by atoms with Gasteiger partial charge in [0.2, 0.25) is 0 Å². The van der Waals surface area contributed by atoms with Crippen LogP contribution >= 0.6 is 0 Å². The molecule has 2 aromatic rings. The van der Waals surface area contributed by atoms with Crippen molar-refractivity contribution in [3.63, 3.8) is 0 Å². The Morgan fingerprint density at radius 1 is 1.04 bits per heavy atom. The second-order valence-corrected chi connectivity index (χ2v) is 5.77. The van der Waals surface area contributed by atoms with E-state index in [1.165, 1.54) is 0 Å². The van der Waals surface area contributed by atoms with E-state index in [0.717, 1.165) is 11.3 Å². The standard InChI is InChI=1S/C21H25NO4/c1-4-24-13-14-25-20-8-6-5-7-19(20)21(23)22-17-9-11-18(12-10-17)26-15-16(2)3/h5-12H,2,4,13-15H2,1,3H3,(H,22,23). The molecule has 0 bridgehead atoms. The molecule has 0 unspecified atom stereocenters. The van der Waals surface area contributed by atoms with Crippen molar-refractivity contribution < 1.29 is 19.0 Å². The van der Waals surface area contributed by atoms with Crippen LogP contribution < -0.4 is 14.8 Å². The van der Waals surface area contributed by atoms with E-state index in [1.54, 1.807) is 30.3 Å². The molecule has 0 aliphatic rings. The molecule has 0 atom stereocenters. The van der Waals surface area contributed by atoms with E-state index in [9.17, 15) is 4.79 Å². The first-order valence-corrected chi connectivity index (χ1v) is 8.58. The third kappa shape index (κ3) is 6.26. The Kier molecular flexibility index (Phi) is 7.71. The van der Waals surface area contributed by atoms with E-state index in [2.05, 4.69) is 11.9 Å². The summed E-state index contributed by atoms with van der Waals surface area (Å²) in [6.07, 6.45) is 0. The van der Waals surface area contributed by atoms with Crippen molar-refractivity contribution >= 4 is 11.6 Å². The molecule has 0 fully saturated rings. The molecule has 0 spiro atoms. The van der Waals surface area contributed by atoms with Crippen molar-refractivity contribution in [3.05, 3.63) is 66.2 Å². The highest BCUT2D eigenvalue weighted by atomic mass is 16.5. The predicted octanol–water partition coefficient (Wildman–Crippen LogP) is 4.31. The molecular weight excluding hydrogens is 330 g/mol. The van der Waals surface area contributed by atoms with Gasteiger partial charge in [-0.2, -0.15) is 0 Å². The number of para-hydroxylation sites is 1. The molecule has 0 saturated carbocycles. The minimum Gasteiger partial charge on any atom is -0.490 e. The summed E-state index contributed by atoms with van der Waals surface area (Å²) in [6.45, 7) is 9.62. The predicted molar refractivity (Wildman–Crippen MR) is 103 cm³/mol. The smallest absolute Gasteiger partial charge is 0.259 e. The molecule has 138 valence electrons. The van der Waals surface area contributed by atoms with Gasteiger partial charge in [0.15, 0.2) is 0 Å². The zero-order chi connectivity index (χ0) is 18.8. The lowest BCUT2D eigenvalue weighted by Crippen LogP contribution is -2.15. The molecule has 0 radical (unpaired) electrons. The average molecular weight is 355 g/mol.